The minimum Gasteiger partial charge on any atom is -0.260 e. The average molecular weight is 298 g/mol. The number of nitrogens with zero attached hydrogens (tertiary/aromatic N) is 2. The summed E-state index contributed by atoms with van der Waals surface area (Å²) in [7, 11) is 0. The van der Waals surface area contributed by atoms with Gasteiger partial charge in [0.2, 0.25) is 0 Å². The number of hydrogen-bond acceptors (Lipinski definition) is 1. The van der Waals surface area contributed by atoms with Crippen molar-refractivity contribution in [2.45, 2.75) is 57.7 Å². The van der Waals surface area contributed by atoms with E-state index in [1.54, 1.807) is 6.07 Å². The van der Waals surface area contributed by atoms with E-state index in [9.17, 15) is 13.2 Å². The van der Waals surface area contributed by atoms with Gasteiger partial charge in [-0.05, 0) is 74.2 Å². The highest BCUT2D eigenvalue weighted by Gasteiger charge is 2.51. The second-order valence-corrected chi connectivity index (χ2v) is 7.69. The summed E-state index contributed by atoms with van der Waals surface area (Å²) in [5, 5.41) is 3.90. The Balaban J connectivity index is 1.55. The van der Waals surface area contributed by atoms with Gasteiger partial charge in [0.1, 0.15) is 6.54 Å². The third kappa shape index (κ3) is 2.59. The van der Waals surface area contributed by atoms with Crippen LogP contribution in [0.25, 0.3) is 0 Å². The summed E-state index contributed by atoms with van der Waals surface area (Å²) in [6, 6.07) is 1.78. The Kier molecular flexibility index (Phi) is 2.92. The topological polar surface area (TPSA) is 17.8 Å². The summed E-state index contributed by atoms with van der Waals surface area (Å²) in [6.45, 7) is -0.957. The van der Waals surface area contributed by atoms with Crippen LogP contribution in [0.5, 0.6) is 0 Å². The molecule has 4 aliphatic carbocycles. The second kappa shape index (κ2) is 4.50. The van der Waals surface area contributed by atoms with E-state index in [4.69, 9.17) is 0 Å². The first-order chi connectivity index (χ1) is 9.91. The zero-order valence-corrected chi connectivity index (χ0v) is 12.1. The van der Waals surface area contributed by atoms with Crippen LogP contribution in [0, 0.1) is 23.2 Å². The first-order valence-corrected chi connectivity index (χ1v) is 7.98. The Bertz CT molecular complexity index is 497. The van der Waals surface area contributed by atoms with E-state index in [-0.39, 0.29) is 5.41 Å². The quantitative estimate of drug-likeness (QED) is 0.817. The van der Waals surface area contributed by atoms with Crippen LogP contribution in [0.15, 0.2) is 12.3 Å². The molecule has 2 nitrogen and oxygen atoms in total. The molecule has 1 aromatic heterocycles. The SMILES string of the molecule is FC(F)(F)Cn1nccc1CC12CC3CC(CC(C3)C1)C2. The number of rotatable bonds is 3. The van der Waals surface area contributed by atoms with Gasteiger partial charge in [0, 0.05) is 11.9 Å². The van der Waals surface area contributed by atoms with Gasteiger partial charge in [0.05, 0.1) is 0 Å². The van der Waals surface area contributed by atoms with Crippen LogP contribution >= 0.6 is 0 Å². The molecule has 0 aliphatic heterocycles. The van der Waals surface area contributed by atoms with Crippen molar-refractivity contribution in [2.24, 2.45) is 23.2 Å². The molecular formula is C16H21F3N2. The zero-order valence-electron chi connectivity index (χ0n) is 12.1. The summed E-state index contributed by atoms with van der Waals surface area (Å²) < 4.78 is 39.1. The van der Waals surface area contributed by atoms with Gasteiger partial charge in [-0.15, -0.1) is 0 Å². The van der Waals surface area contributed by atoms with E-state index >= 15 is 0 Å². The van der Waals surface area contributed by atoms with Crippen molar-refractivity contribution in [3.8, 4) is 0 Å². The van der Waals surface area contributed by atoms with Crippen LogP contribution in [0.4, 0.5) is 13.2 Å². The molecule has 0 N–H and O–H groups in total. The van der Waals surface area contributed by atoms with Crippen molar-refractivity contribution in [2.75, 3.05) is 0 Å². The number of alkyl halides is 3. The summed E-state index contributed by atoms with van der Waals surface area (Å²) in [5.41, 5.74) is 1.03. The maximum absolute atomic E-state index is 12.6. The summed E-state index contributed by atoms with van der Waals surface area (Å²) >= 11 is 0. The maximum Gasteiger partial charge on any atom is 0.408 e. The van der Waals surface area contributed by atoms with Crippen LogP contribution in [0.1, 0.15) is 44.2 Å². The van der Waals surface area contributed by atoms with Crippen molar-refractivity contribution in [3.63, 3.8) is 0 Å². The molecule has 4 bridgehead atoms. The Hall–Kier alpha value is -1.00. The van der Waals surface area contributed by atoms with E-state index in [1.807, 2.05) is 0 Å². The van der Waals surface area contributed by atoms with Crippen molar-refractivity contribution < 1.29 is 13.2 Å². The van der Waals surface area contributed by atoms with Gasteiger partial charge in [0.25, 0.3) is 0 Å². The Morgan fingerprint density at radius 1 is 1.10 bits per heavy atom. The van der Waals surface area contributed by atoms with Gasteiger partial charge in [-0.2, -0.15) is 18.3 Å². The van der Waals surface area contributed by atoms with Crippen LogP contribution in [-0.2, 0) is 13.0 Å². The molecule has 5 heteroatoms. The molecule has 0 amide bonds. The van der Waals surface area contributed by atoms with Crippen LogP contribution in [-0.4, -0.2) is 16.0 Å². The number of aromatic nitrogens is 2. The molecule has 1 heterocycles. The standard InChI is InChI=1S/C16H21F3N2/c17-16(18,19)10-21-14(1-2-20-21)9-15-6-11-3-12(7-15)5-13(4-11)8-15/h1-2,11-13H,3-10H2. The highest BCUT2D eigenvalue weighted by molar-refractivity contribution is 5.10. The summed E-state index contributed by atoms with van der Waals surface area (Å²) in [6.07, 6.45) is 5.85. The molecule has 116 valence electrons. The summed E-state index contributed by atoms with van der Waals surface area (Å²) in [5.74, 6) is 2.49. The molecule has 0 saturated heterocycles. The molecule has 0 radical (unpaired) electrons. The largest absolute Gasteiger partial charge is 0.408 e. The number of hydrogen-bond donors (Lipinski definition) is 0. The highest BCUT2D eigenvalue weighted by Crippen LogP contribution is 2.61. The molecule has 5 rings (SSSR count). The third-order valence-corrected chi connectivity index (χ3v) is 5.85. The fourth-order valence-electron chi connectivity index (χ4n) is 5.71. The minimum atomic E-state index is -4.19. The lowest BCUT2D eigenvalue weighted by molar-refractivity contribution is -0.143. The molecule has 0 atom stereocenters. The lowest BCUT2D eigenvalue weighted by Gasteiger charge is -2.57. The minimum absolute atomic E-state index is 0.262. The van der Waals surface area contributed by atoms with Gasteiger partial charge in [0.15, 0.2) is 0 Å². The second-order valence-electron chi connectivity index (χ2n) is 7.69. The van der Waals surface area contributed by atoms with Gasteiger partial charge in [-0.25, -0.2) is 0 Å². The molecular weight excluding hydrogens is 277 g/mol. The third-order valence-electron chi connectivity index (χ3n) is 5.85. The molecule has 0 unspecified atom stereocenters. The van der Waals surface area contributed by atoms with Crippen molar-refractivity contribution in [1.29, 1.82) is 0 Å². The van der Waals surface area contributed by atoms with E-state index in [2.05, 4.69) is 5.10 Å². The molecule has 1 aromatic rings. The molecule has 4 saturated carbocycles. The Morgan fingerprint density at radius 2 is 1.67 bits per heavy atom. The molecule has 4 fully saturated rings. The van der Waals surface area contributed by atoms with Crippen molar-refractivity contribution >= 4 is 0 Å². The van der Waals surface area contributed by atoms with E-state index in [0.717, 1.165) is 29.9 Å². The molecule has 21 heavy (non-hydrogen) atoms. The first-order valence-electron chi connectivity index (χ1n) is 7.98. The lowest BCUT2D eigenvalue weighted by atomic mass is 9.48. The normalized spacial score (nSPS) is 38.1. The maximum atomic E-state index is 12.6. The van der Waals surface area contributed by atoms with Crippen LogP contribution < -0.4 is 0 Å². The van der Waals surface area contributed by atoms with Crippen molar-refractivity contribution in [3.05, 3.63) is 18.0 Å². The zero-order chi connectivity index (χ0) is 14.7. The van der Waals surface area contributed by atoms with E-state index in [1.165, 1.54) is 49.4 Å². The first kappa shape index (κ1) is 13.6. The van der Waals surface area contributed by atoms with E-state index < -0.39 is 12.7 Å². The predicted octanol–water partition coefficient (Wildman–Crippen LogP) is 4.20. The predicted molar refractivity (Wildman–Crippen MR) is 72.6 cm³/mol. The van der Waals surface area contributed by atoms with Gasteiger partial charge < -0.3 is 0 Å². The smallest absolute Gasteiger partial charge is 0.260 e. The molecule has 0 aromatic carbocycles. The van der Waals surface area contributed by atoms with Crippen molar-refractivity contribution in [1.82, 2.24) is 9.78 Å². The van der Waals surface area contributed by atoms with Gasteiger partial charge >= 0.3 is 6.18 Å². The molecule has 0 spiro atoms. The average Bonchev–Trinajstić information content (AvgIpc) is 2.71. The Labute approximate surface area is 122 Å². The fraction of sp³-hybridized carbons (Fsp3) is 0.812. The summed E-state index contributed by atoms with van der Waals surface area (Å²) in [4.78, 5) is 0. The lowest BCUT2D eigenvalue weighted by Crippen LogP contribution is -2.47. The van der Waals surface area contributed by atoms with E-state index in [0.29, 0.717) is 0 Å². The van der Waals surface area contributed by atoms with Gasteiger partial charge in [-0.3, -0.25) is 4.68 Å². The van der Waals surface area contributed by atoms with Crippen LogP contribution in [0.3, 0.4) is 0 Å². The fourth-order valence-corrected chi connectivity index (χ4v) is 5.71. The van der Waals surface area contributed by atoms with Gasteiger partial charge in [-0.1, -0.05) is 0 Å². The highest BCUT2D eigenvalue weighted by atomic mass is 19.4. The number of halogens is 3. The monoisotopic (exact) mass is 298 g/mol. The van der Waals surface area contributed by atoms with Crippen LogP contribution in [0.2, 0.25) is 0 Å². The Morgan fingerprint density at radius 3 is 2.19 bits per heavy atom. The molecule has 4 aliphatic rings.